The summed E-state index contributed by atoms with van der Waals surface area (Å²) in [5, 5.41) is 1.45. The maximum atomic E-state index is 11.2. The van der Waals surface area contributed by atoms with Crippen molar-refractivity contribution < 1.29 is 9.53 Å². The maximum absolute atomic E-state index is 11.2. The van der Waals surface area contributed by atoms with Crippen LogP contribution in [0.3, 0.4) is 0 Å². The molecule has 0 saturated carbocycles. The number of esters is 1. The molecular formula is C13H13ClN2O2. The number of nitrogens with two attached hydrogens (primary N) is 1. The van der Waals surface area contributed by atoms with Gasteiger partial charge in [0.05, 0.1) is 19.0 Å². The Balaban J connectivity index is 2.45. The van der Waals surface area contributed by atoms with Gasteiger partial charge in [0, 0.05) is 22.6 Å². The lowest BCUT2D eigenvalue weighted by Crippen LogP contribution is -2.16. The van der Waals surface area contributed by atoms with Gasteiger partial charge in [-0.3, -0.25) is 9.78 Å². The van der Waals surface area contributed by atoms with Crippen molar-refractivity contribution in [1.29, 1.82) is 0 Å². The average molecular weight is 265 g/mol. The minimum Gasteiger partial charge on any atom is -0.469 e. The van der Waals surface area contributed by atoms with Crippen molar-refractivity contribution in [2.45, 2.75) is 12.5 Å². The van der Waals surface area contributed by atoms with Crippen LogP contribution in [0, 0.1) is 0 Å². The Kier molecular flexibility index (Phi) is 3.79. The lowest BCUT2D eigenvalue weighted by Gasteiger charge is -2.13. The summed E-state index contributed by atoms with van der Waals surface area (Å²) in [5.74, 6) is -0.346. The van der Waals surface area contributed by atoms with Gasteiger partial charge in [-0.1, -0.05) is 17.7 Å². The van der Waals surface area contributed by atoms with Crippen LogP contribution < -0.4 is 5.73 Å². The monoisotopic (exact) mass is 264 g/mol. The Bertz CT molecular complexity index is 586. The normalized spacial score (nSPS) is 12.4. The Labute approximate surface area is 110 Å². The molecule has 2 aromatic rings. The number of benzene rings is 1. The molecule has 18 heavy (non-hydrogen) atoms. The standard InChI is InChI=1S/C13H13ClN2O2/c1-18-12(17)7-11(15)9-4-5-10(14)8-3-2-6-16-13(8)9/h2-6,11H,7,15H2,1H3/t11-/m1/s1. The number of ether oxygens (including phenoxy) is 1. The molecule has 0 unspecified atom stereocenters. The lowest BCUT2D eigenvalue weighted by molar-refractivity contribution is -0.141. The van der Waals surface area contributed by atoms with E-state index in [9.17, 15) is 4.79 Å². The molecule has 1 aromatic carbocycles. The first-order valence-corrected chi connectivity index (χ1v) is 5.87. The molecule has 0 saturated heterocycles. The zero-order chi connectivity index (χ0) is 13.1. The van der Waals surface area contributed by atoms with E-state index >= 15 is 0 Å². The van der Waals surface area contributed by atoms with Crippen LogP contribution in [0.5, 0.6) is 0 Å². The van der Waals surface area contributed by atoms with Crippen molar-refractivity contribution in [3.05, 3.63) is 41.0 Å². The van der Waals surface area contributed by atoms with E-state index in [-0.39, 0.29) is 12.4 Å². The number of nitrogens with zero attached hydrogens (tertiary/aromatic N) is 1. The summed E-state index contributed by atoms with van der Waals surface area (Å²) in [5.41, 5.74) is 7.52. The van der Waals surface area contributed by atoms with Gasteiger partial charge in [0.25, 0.3) is 0 Å². The first-order chi connectivity index (χ1) is 8.63. The van der Waals surface area contributed by atoms with E-state index in [0.29, 0.717) is 5.02 Å². The zero-order valence-electron chi connectivity index (χ0n) is 9.89. The van der Waals surface area contributed by atoms with E-state index in [1.165, 1.54) is 7.11 Å². The number of pyridine rings is 1. The summed E-state index contributed by atoms with van der Waals surface area (Å²) >= 11 is 6.09. The molecule has 0 fully saturated rings. The smallest absolute Gasteiger partial charge is 0.307 e. The van der Waals surface area contributed by atoms with Gasteiger partial charge in [0.15, 0.2) is 0 Å². The van der Waals surface area contributed by atoms with Gasteiger partial charge in [-0.05, 0) is 23.8 Å². The van der Waals surface area contributed by atoms with E-state index in [4.69, 9.17) is 17.3 Å². The molecule has 2 N–H and O–H groups in total. The van der Waals surface area contributed by atoms with Gasteiger partial charge in [0.1, 0.15) is 0 Å². The maximum Gasteiger partial charge on any atom is 0.307 e. The van der Waals surface area contributed by atoms with Crippen molar-refractivity contribution in [2.75, 3.05) is 7.11 Å². The van der Waals surface area contributed by atoms with Gasteiger partial charge >= 0.3 is 5.97 Å². The number of hydrogen-bond donors (Lipinski definition) is 1. The molecule has 1 atom stereocenters. The Morgan fingerprint density at radius 2 is 2.28 bits per heavy atom. The lowest BCUT2D eigenvalue weighted by atomic mass is 10.0. The third-order valence-corrected chi connectivity index (χ3v) is 3.09. The van der Waals surface area contributed by atoms with Crippen LogP contribution in [0.15, 0.2) is 30.5 Å². The predicted molar refractivity (Wildman–Crippen MR) is 70.3 cm³/mol. The van der Waals surface area contributed by atoms with Crippen LogP contribution in [0.1, 0.15) is 18.0 Å². The van der Waals surface area contributed by atoms with Gasteiger partial charge < -0.3 is 10.5 Å². The van der Waals surface area contributed by atoms with Crippen molar-refractivity contribution in [1.82, 2.24) is 4.98 Å². The molecule has 0 amide bonds. The number of aromatic nitrogens is 1. The number of carbonyl (C=O) groups excluding carboxylic acids is 1. The van der Waals surface area contributed by atoms with Crippen LogP contribution in [0.4, 0.5) is 0 Å². The van der Waals surface area contributed by atoms with Gasteiger partial charge in [-0.25, -0.2) is 0 Å². The van der Waals surface area contributed by atoms with E-state index in [1.807, 2.05) is 12.1 Å². The van der Waals surface area contributed by atoms with Crippen LogP contribution >= 0.6 is 11.6 Å². The fourth-order valence-corrected chi connectivity index (χ4v) is 2.05. The first-order valence-electron chi connectivity index (χ1n) is 5.49. The second kappa shape index (κ2) is 5.33. The van der Waals surface area contributed by atoms with Crippen molar-refractivity contribution in [3.63, 3.8) is 0 Å². The van der Waals surface area contributed by atoms with Crippen molar-refractivity contribution >= 4 is 28.5 Å². The minimum absolute atomic E-state index is 0.115. The summed E-state index contributed by atoms with van der Waals surface area (Å²) in [7, 11) is 1.34. The summed E-state index contributed by atoms with van der Waals surface area (Å²) in [6.45, 7) is 0. The molecule has 0 spiro atoms. The number of methoxy groups -OCH3 is 1. The Hall–Kier alpha value is -1.65. The first kappa shape index (κ1) is 12.8. The van der Waals surface area contributed by atoms with Crippen molar-refractivity contribution in [2.24, 2.45) is 5.73 Å². The number of carbonyl (C=O) groups is 1. The summed E-state index contributed by atoms with van der Waals surface area (Å²) in [6.07, 6.45) is 1.79. The summed E-state index contributed by atoms with van der Waals surface area (Å²) in [4.78, 5) is 15.5. The summed E-state index contributed by atoms with van der Waals surface area (Å²) < 4.78 is 4.61. The van der Waals surface area contributed by atoms with Crippen LogP contribution in [-0.2, 0) is 9.53 Å². The molecule has 94 valence electrons. The molecule has 0 radical (unpaired) electrons. The number of hydrogen-bond acceptors (Lipinski definition) is 4. The average Bonchev–Trinajstić information content (AvgIpc) is 2.39. The Morgan fingerprint density at radius 1 is 1.50 bits per heavy atom. The highest BCUT2D eigenvalue weighted by molar-refractivity contribution is 6.35. The topological polar surface area (TPSA) is 65.2 Å². The fourth-order valence-electron chi connectivity index (χ4n) is 1.83. The molecular weight excluding hydrogens is 252 g/mol. The van der Waals surface area contributed by atoms with Crippen LogP contribution in [0.25, 0.3) is 10.9 Å². The second-order valence-corrected chi connectivity index (χ2v) is 4.33. The van der Waals surface area contributed by atoms with Crippen molar-refractivity contribution in [3.8, 4) is 0 Å². The third-order valence-electron chi connectivity index (χ3n) is 2.76. The highest BCUT2D eigenvalue weighted by Crippen LogP contribution is 2.28. The van der Waals surface area contributed by atoms with Gasteiger partial charge in [-0.2, -0.15) is 0 Å². The molecule has 5 heteroatoms. The number of rotatable bonds is 3. The molecule has 1 heterocycles. The molecule has 0 bridgehead atoms. The highest BCUT2D eigenvalue weighted by Gasteiger charge is 2.16. The molecule has 1 aromatic heterocycles. The minimum atomic E-state index is -0.452. The largest absolute Gasteiger partial charge is 0.469 e. The van der Waals surface area contributed by atoms with E-state index in [2.05, 4.69) is 9.72 Å². The predicted octanol–water partition coefficient (Wildman–Crippen LogP) is 2.45. The van der Waals surface area contributed by atoms with E-state index in [1.54, 1.807) is 18.3 Å². The molecule has 4 nitrogen and oxygen atoms in total. The van der Waals surface area contributed by atoms with Gasteiger partial charge in [-0.15, -0.1) is 0 Å². The number of fused-ring (bicyclic) bond motifs is 1. The highest BCUT2D eigenvalue weighted by atomic mass is 35.5. The summed E-state index contributed by atoms with van der Waals surface area (Å²) in [6, 6.07) is 6.79. The SMILES string of the molecule is COC(=O)C[C@@H](N)c1ccc(Cl)c2cccnc12. The Morgan fingerprint density at radius 3 is 3.00 bits per heavy atom. The molecule has 0 aliphatic heterocycles. The quantitative estimate of drug-likeness (QED) is 0.865. The van der Waals surface area contributed by atoms with Crippen LogP contribution in [0.2, 0.25) is 5.02 Å². The van der Waals surface area contributed by atoms with Gasteiger partial charge in [0.2, 0.25) is 0 Å². The second-order valence-electron chi connectivity index (χ2n) is 3.92. The number of halogens is 1. The molecule has 0 aliphatic rings. The molecule has 0 aliphatic carbocycles. The van der Waals surface area contributed by atoms with Crippen LogP contribution in [-0.4, -0.2) is 18.1 Å². The van der Waals surface area contributed by atoms with E-state index in [0.717, 1.165) is 16.5 Å². The molecule has 2 rings (SSSR count). The van der Waals surface area contributed by atoms with E-state index < -0.39 is 6.04 Å². The fraction of sp³-hybridized carbons (Fsp3) is 0.231. The third kappa shape index (κ3) is 2.44. The zero-order valence-corrected chi connectivity index (χ0v) is 10.6.